The summed E-state index contributed by atoms with van der Waals surface area (Å²) in [5, 5.41) is 12.1. The van der Waals surface area contributed by atoms with Gasteiger partial charge in [0.1, 0.15) is 5.84 Å². The van der Waals surface area contributed by atoms with E-state index in [-0.39, 0.29) is 17.7 Å². The minimum atomic E-state index is -0.0886. The van der Waals surface area contributed by atoms with Crippen molar-refractivity contribution < 1.29 is 10.0 Å². The molecule has 0 spiro atoms. The van der Waals surface area contributed by atoms with E-state index in [9.17, 15) is 4.79 Å². The summed E-state index contributed by atoms with van der Waals surface area (Å²) in [6.45, 7) is 1.14. The number of likely N-dealkylation sites (tertiary alicyclic amines) is 1. The number of amidine groups is 1. The Morgan fingerprint density at radius 3 is 2.70 bits per heavy atom. The first-order valence-corrected chi connectivity index (χ1v) is 7.42. The van der Waals surface area contributed by atoms with Crippen LogP contribution in [-0.2, 0) is 0 Å². The second-order valence-electron chi connectivity index (χ2n) is 4.69. The first-order valence-electron chi connectivity index (χ1n) is 6.25. The number of halogens is 2. The highest BCUT2D eigenvalue weighted by Crippen LogP contribution is 2.28. The van der Waals surface area contributed by atoms with Crippen LogP contribution in [0.5, 0.6) is 0 Å². The number of carbonyl (C=O) groups is 1. The summed E-state index contributed by atoms with van der Waals surface area (Å²) in [7, 11) is 0. The number of hydrogen-bond acceptors (Lipinski definition) is 3. The topological polar surface area (TPSA) is 78.9 Å². The lowest BCUT2D eigenvalue weighted by Crippen LogP contribution is -2.41. The van der Waals surface area contributed by atoms with E-state index in [0.717, 1.165) is 0 Å². The Balaban J connectivity index is 2.07. The third-order valence-corrected chi connectivity index (χ3v) is 4.79. The number of nitrogens with zero attached hydrogens (tertiary/aromatic N) is 2. The van der Waals surface area contributed by atoms with Crippen LogP contribution >= 0.6 is 27.5 Å². The predicted octanol–water partition coefficient (Wildman–Crippen LogP) is 2.70. The molecule has 3 N–H and O–H groups in total. The average Bonchev–Trinajstić information content (AvgIpc) is 2.48. The minimum Gasteiger partial charge on any atom is -0.409 e. The number of piperidine rings is 1. The third kappa shape index (κ3) is 3.07. The molecule has 1 aromatic rings. The number of nitrogens with two attached hydrogens (primary N) is 1. The average molecular weight is 361 g/mol. The second-order valence-corrected chi connectivity index (χ2v) is 5.93. The summed E-state index contributed by atoms with van der Waals surface area (Å²) in [6, 6.07) is 5.29. The van der Waals surface area contributed by atoms with Gasteiger partial charge < -0.3 is 15.8 Å². The van der Waals surface area contributed by atoms with Gasteiger partial charge in [0.25, 0.3) is 5.91 Å². The number of rotatable bonds is 2. The van der Waals surface area contributed by atoms with Crippen LogP contribution < -0.4 is 5.73 Å². The van der Waals surface area contributed by atoms with Gasteiger partial charge in [-0.3, -0.25) is 4.79 Å². The zero-order valence-corrected chi connectivity index (χ0v) is 13.1. The van der Waals surface area contributed by atoms with Gasteiger partial charge in [-0.25, -0.2) is 0 Å². The zero-order valence-electron chi connectivity index (χ0n) is 10.7. The van der Waals surface area contributed by atoms with Gasteiger partial charge in [-0.15, -0.1) is 0 Å². The Morgan fingerprint density at radius 1 is 1.45 bits per heavy atom. The van der Waals surface area contributed by atoms with Gasteiger partial charge in [-0.1, -0.05) is 22.8 Å². The van der Waals surface area contributed by atoms with Crippen molar-refractivity contribution in [3.63, 3.8) is 0 Å². The molecule has 1 aliphatic heterocycles. The summed E-state index contributed by atoms with van der Waals surface area (Å²) in [5.41, 5.74) is 6.08. The van der Waals surface area contributed by atoms with Gasteiger partial charge in [0, 0.05) is 23.5 Å². The summed E-state index contributed by atoms with van der Waals surface area (Å²) < 4.78 is 0.705. The molecule has 0 unspecified atom stereocenters. The van der Waals surface area contributed by atoms with Gasteiger partial charge in [0.05, 0.1) is 10.6 Å². The molecule has 1 amide bonds. The van der Waals surface area contributed by atoms with E-state index in [0.29, 0.717) is 41.0 Å². The fraction of sp³-hybridized carbons (Fsp3) is 0.385. The van der Waals surface area contributed by atoms with Crippen LogP contribution in [0.15, 0.2) is 27.8 Å². The molecule has 108 valence electrons. The van der Waals surface area contributed by atoms with E-state index in [4.69, 9.17) is 22.5 Å². The molecule has 1 heterocycles. The fourth-order valence-electron chi connectivity index (χ4n) is 2.30. The van der Waals surface area contributed by atoms with Crippen molar-refractivity contribution in [1.29, 1.82) is 0 Å². The molecule has 0 radical (unpaired) electrons. The van der Waals surface area contributed by atoms with Gasteiger partial charge in [0.2, 0.25) is 0 Å². The number of oxime groups is 1. The van der Waals surface area contributed by atoms with Gasteiger partial charge >= 0.3 is 0 Å². The normalized spacial score (nSPS) is 17.3. The molecule has 0 saturated carbocycles. The second kappa shape index (κ2) is 6.45. The lowest BCUT2D eigenvalue weighted by Gasteiger charge is -2.31. The van der Waals surface area contributed by atoms with Gasteiger partial charge in [-0.2, -0.15) is 0 Å². The van der Waals surface area contributed by atoms with E-state index in [1.165, 1.54) is 0 Å². The molecule has 5 nitrogen and oxygen atoms in total. The van der Waals surface area contributed by atoms with Crippen molar-refractivity contribution in [2.45, 2.75) is 12.8 Å². The number of hydrogen-bond donors (Lipinski definition) is 2. The first-order chi connectivity index (χ1) is 9.54. The molecule has 0 bridgehead atoms. The molecule has 0 atom stereocenters. The highest BCUT2D eigenvalue weighted by atomic mass is 79.9. The number of amides is 1. The molecule has 1 fully saturated rings. The Hall–Kier alpha value is -1.27. The van der Waals surface area contributed by atoms with Crippen LogP contribution in [0.2, 0.25) is 5.02 Å². The van der Waals surface area contributed by atoms with Crippen LogP contribution in [-0.4, -0.2) is 34.9 Å². The van der Waals surface area contributed by atoms with Crippen LogP contribution in [0.25, 0.3) is 0 Å². The van der Waals surface area contributed by atoms with Crippen LogP contribution in [0.1, 0.15) is 23.2 Å². The van der Waals surface area contributed by atoms with Gasteiger partial charge in [0.15, 0.2) is 0 Å². The Kier molecular flexibility index (Phi) is 4.88. The van der Waals surface area contributed by atoms with Crippen LogP contribution in [0.3, 0.4) is 0 Å². The van der Waals surface area contributed by atoms with Crippen LogP contribution in [0.4, 0.5) is 0 Å². The summed E-state index contributed by atoms with van der Waals surface area (Å²) in [5.74, 6) is 0.175. The van der Waals surface area contributed by atoms with E-state index in [2.05, 4.69) is 21.1 Å². The third-order valence-electron chi connectivity index (χ3n) is 3.50. The molecule has 2 rings (SSSR count). The first kappa shape index (κ1) is 15.1. The quantitative estimate of drug-likeness (QED) is 0.368. The number of benzene rings is 1. The van der Waals surface area contributed by atoms with E-state index < -0.39 is 0 Å². The zero-order chi connectivity index (χ0) is 14.7. The maximum atomic E-state index is 12.4. The summed E-state index contributed by atoms with van der Waals surface area (Å²) in [4.78, 5) is 14.2. The van der Waals surface area contributed by atoms with Crippen molar-refractivity contribution in [2.75, 3.05) is 13.1 Å². The molecule has 0 aliphatic carbocycles. The highest BCUT2D eigenvalue weighted by Gasteiger charge is 2.27. The Bertz CT molecular complexity index is 542. The highest BCUT2D eigenvalue weighted by molar-refractivity contribution is 9.10. The van der Waals surface area contributed by atoms with Crippen LogP contribution in [0, 0.1) is 5.92 Å². The summed E-state index contributed by atoms with van der Waals surface area (Å²) in [6.07, 6.45) is 1.38. The van der Waals surface area contributed by atoms with E-state index in [1.54, 1.807) is 23.1 Å². The lowest BCUT2D eigenvalue weighted by molar-refractivity contribution is 0.0709. The predicted molar refractivity (Wildman–Crippen MR) is 81.2 cm³/mol. The Labute approximate surface area is 130 Å². The molecule has 1 aliphatic rings. The number of carbonyl (C=O) groups excluding carboxylic acids is 1. The fourth-order valence-corrected chi connectivity index (χ4v) is 2.87. The van der Waals surface area contributed by atoms with Crippen molar-refractivity contribution in [2.24, 2.45) is 16.8 Å². The monoisotopic (exact) mass is 359 g/mol. The van der Waals surface area contributed by atoms with E-state index >= 15 is 0 Å². The minimum absolute atomic E-state index is 0.0297. The molecular formula is C13H15BrClN3O2. The lowest BCUT2D eigenvalue weighted by atomic mass is 9.95. The maximum absolute atomic E-state index is 12.4. The molecule has 7 heteroatoms. The van der Waals surface area contributed by atoms with Crippen molar-refractivity contribution in [3.05, 3.63) is 33.3 Å². The maximum Gasteiger partial charge on any atom is 0.255 e. The van der Waals surface area contributed by atoms with Crippen molar-refractivity contribution in [3.8, 4) is 0 Å². The van der Waals surface area contributed by atoms with Crippen molar-refractivity contribution >= 4 is 39.3 Å². The SMILES string of the molecule is N/C(=N/O)C1CCN(C(=O)c2cccc(Br)c2Cl)CC1. The van der Waals surface area contributed by atoms with E-state index in [1.807, 2.05) is 0 Å². The molecular weight excluding hydrogens is 346 g/mol. The van der Waals surface area contributed by atoms with Gasteiger partial charge in [-0.05, 0) is 40.9 Å². The van der Waals surface area contributed by atoms with Crippen molar-refractivity contribution in [1.82, 2.24) is 4.90 Å². The largest absolute Gasteiger partial charge is 0.409 e. The molecule has 1 aromatic carbocycles. The molecule has 1 saturated heterocycles. The Morgan fingerprint density at radius 2 is 2.10 bits per heavy atom. The standard InChI is InChI=1S/C13H15BrClN3O2/c14-10-3-1-2-9(11(10)15)13(19)18-6-4-8(5-7-18)12(16)17-20/h1-3,8,20H,4-7H2,(H2,16,17). The molecule has 20 heavy (non-hydrogen) atoms. The smallest absolute Gasteiger partial charge is 0.255 e. The molecule has 0 aromatic heterocycles. The summed E-state index contributed by atoms with van der Waals surface area (Å²) >= 11 is 9.46.